The Morgan fingerprint density at radius 2 is 0.943 bits per heavy atom. The lowest BCUT2D eigenvalue weighted by molar-refractivity contribution is -0.0259. The molecule has 0 saturated carbocycles. The van der Waals surface area contributed by atoms with Crippen molar-refractivity contribution in [2.45, 2.75) is 37.3 Å². The number of morpholine rings is 2. The average Bonchev–Trinajstić information content (AvgIpc) is 4.24. The summed E-state index contributed by atoms with van der Waals surface area (Å²) in [6.07, 6.45) is 12.1. The number of anilines is 4. The molecule has 25 heteroatoms. The van der Waals surface area contributed by atoms with E-state index in [0.717, 1.165) is 87.6 Å². The molecular formula is C45H60N22O3. The lowest BCUT2D eigenvalue weighted by Crippen LogP contribution is -2.68. The van der Waals surface area contributed by atoms with Crippen LogP contribution < -0.4 is 21.3 Å². The van der Waals surface area contributed by atoms with E-state index < -0.39 is 0 Å². The minimum absolute atomic E-state index is 0.0837. The molecule has 6 fully saturated rings. The van der Waals surface area contributed by atoms with Crippen LogP contribution in [0.2, 0.25) is 0 Å². The number of aromatic nitrogens is 12. The number of hydrogen-bond acceptors (Lipinski definition) is 21. The number of nitrogens with two attached hydrogens (primary N) is 2. The molecule has 6 saturated heterocycles. The SMILES string of the molecule is CN1CCN(C(=O)N2CCN(C)CC2N2CCC(n3cnc4c(-c5cnc(N)nc5)nc(N5CCOCC5)nc43)C2)C(N2CCC(n3cnc4c(-c5cnc(N)nc5)nc(N5CCOCC5)nc43)C2)C1. The molecule has 368 valence electrons. The first-order valence-electron chi connectivity index (χ1n) is 24.4. The van der Waals surface area contributed by atoms with Crippen molar-refractivity contribution in [3.05, 3.63) is 37.4 Å². The van der Waals surface area contributed by atoms with E-state index in [1.807, 2.05) is 12.7 Å². The summed E-state index contributed by atoms with van der Waals surface area (Å²) in [6.45, 7) is 12.8. The van der Waals surface area contributed by atoms with Gasteiger partial charge in [0.15, 0.2) is 11.3 Å². The van der Waals surface area contributed by atoms with Crippen LogP contribution in [0.3, 0.4) is 0 Å². The van der Waals surface area contributed by atoms with Gasteiger partial charge >= 0.3 is 6.03 Å². The molecule has 6 aliphatic heterocycles. The highest BCUT2D eigenvalue weighted by Gasteiger charge is 2.44. The summed E-state index contributed by atoms with van der Waals surface area (Å²) < 4.78 is 15.7. The minimum Gasteiger partial charge on any atom is -0.378 e. The van der Waals surface area contributed by atoms with Crippen molar-refractivity contribution >= 4 is 52.2 Å². The second-order valence-electron chi connectivity index (χ2n) is 19.3. The van der Waals surface area contributed by atoms with Crippen molar-refractivity contribution in [3.8, 4) is 22.5 Å². The van der Waals surface area contributed by atoms with Gasteiger partial charge in [-0.15, -0.1) is 0 Å². The normalized spacial score (nSPS) is 24.7. The Labute approximate surface area is 404 Å². The van der Waals surface area contributed by atoms with E-state index in [9.17, 15) is 0 Å². The van der Waals surface area contributed by atoms with Gasteiger partial charge in [-0.1, -0.05) is 0 Å². The van der Waals surface area contributed by atoms with Crippen LogP contribution in [0.25, 0.3) is 44.8 Å². The molecule has 0 aromatic carbocycles. The summed E-state index contributed by atoms with van der Waals surface area (Å²) in [5.41, 5.74) is 17.4. The molecule has 4 N–H and O–H groups in total. The fourth-order valence-corrected chi connectivity index (χ4v) is 11.0. The zero-order valence-electron chi connectivity index (χ0n) is 39.7. The number of fused-ring (bicyclic) bond motifs is 2. The largest absolute Gasteiger partial charge is 0.378 e. The zero-order valence-corrected chi connectivity index (χ0v) is 39.7. The Morgan fingerprint density at radius 1 is 0.529 bits per heavy atom. The van der Waals surface area contributed by atoms with E-state index in [4.69, 9.17) is 50.8 Å². The maximum atomic E-state index is 15.3. The molecule has 6 aliphatic rings. The highest BCUT2D eigenvalue weighted by atomic mass is 16.5. The lowest BCUT2D eigenvalue weighted by atomic mass is 10.2. The van der Waals surface area contributed by atoms with E-state index >= 15 is 4.79 Å². The molecular weight excluding hydrogens is 897 g/mol. The number of hydrogen-bond donors (Lipinski definition) is 2. The van der Waals surface area contributed by atoms with Gasteiger partial charge in [-0.2, -0.15) is 9.97 Å². The van der Waals surface area contributed by atoms with Crippen molar-refractivity contribution in [1.82, 2.24) is 88.4 Å². The number of rotatable bonds is 8. The third kappa shape index (κ3) is 8.42. The van der Waals surface area contributed by atoms with Gasteiger partial charge in [0.05, 0.1) is 63.5 Å². The van der Waals surface area contributed by atoms with Crippen molar-refractivity contribution in [3.63, 3.8) is 0 Å². The van der Waals surface area contributed by atoms with Crippen molar-refractivity contribution in [2.24, 2.45) is 0 Å². The second kappa shape index (κ2) is 18.7. The summed E-state index contributed by atoms with van der Waals surface area (Å²) in [5.74, 6) is 1.65. The Bertz CT molecular complexity index is 2640. The quantitative estimate of drug-likeness (QED) is 0.206. The molecule has 6 aromatic heterocycles. The Kier molecular flexibility index (Phi) is 11.9. The number of nitrogen functional groups attached to an aromatic ring is 2. The number of nitrogens with zero attached hydrogens (tertiary/aromatic N) is 20. The van der Waals surface area contributed by atoms with Crippen molar-refractivity contribution < 1.29 is 14.3 Å². The van der Waals surface area contributed by atoms with E-state index in [0.29, 0.717) is 100 Å². The fraction of sp³-hybridized carbons (Fsp3) is 0.578. The van der Waals surface area contributed by atoms with Gasteiger partial charge in [0.1, 0.15) is 22.4 Å². The third-order valence-corrected chi connectivity index (χ3v) is 14.9. The van der Waals surface area contributed by atoms with Crippen molar-refractivity contribution in [2.75, 3.05) is 153 Å². The molecule has 12 rings (SSSR count). The van der Waals surface area contributed by atoms with E-state index in [1.165, 1.54) is 0 Å². The molecule has 4 unspecified atom stereocenters. The smallest absolute Gasteiger partial charge is 0.322 e. The molecule has 70 heavy (non-hydrogen) atoms. The molecule has 4 atom stereocenters. The molecule has 0 radical (unpaired) electrons. The zero-order chi connectivity index (χ0) is 47.5. The fourth-order valence-electron chi connectivity index (χ4n) is 11.0. The van der Waals surface area contributed by atoms with E-state index in [-0.39, 0.29) is 42.3 Å². The number of carbonyl (C=O) groups is 1. The van der Waals surface area contributed by atoms with Crippen LogP contribution in [0.1, 0.15) is 24.9 Å². The molecule has 0 aliphatic carbocycles. The third-order valence-electron chi connectivity index (χ3n) is 14.9. The maximum absolute atomic E-state index is 15.3. The first-order chi connectivity index (χ1) is 34.2. The van der Waals surface area contributed by atoms with Crippen LogP contribution >= 0.6 is 0 Å². The van der Waals surface area contributed by atoms with E-state index in [1.54, 1.807) is 24.8 Å². The first-order valence-corrected chi connectivity index (χ1v) is 24.4. The van der Waals surface area contributed by atoms with Gasteiger partial charge in [0.25, 0.3) is 0 Å². The lowest BCUT2D eigenvalue weighted by Gasteiger charge is -2.50. The molecule has 12 heterocycles. The monoisotopic (exact) mass is 957 g/mol. The van der Waals surface area contributed by atoms with Gasteiger partial charge in [-0.25, -0.2) is 44.7 Å². The standard InChI is InChI=1S/C45H60N22O3/c1-58-7-9-64(33(25-58)62-5-3-31(23-62)66-27-52-37-35(29-19-48-41(46)49-20-29)54-43(56-39(37)66)60-11-15-69-16-12-60)45(68)65-10-8-59(2)26-34(65)63-6-4-32(24-63)67-28-53-38-36(30-21-50-42(47)51-22-30)55-44(57-40(38)67)61-13-17-70-18-14-61/h19-22,27-28,31-34H,3-18,23-26H2,1-2H3,(H2,46,48,49)(H2,47,50,51). The molecule has 2 amide bonds. The first kappa shape index (κ1) is 44.7. The van der Waals surface area contributed by atoms with Gasteiger partial charge in [-0.05, 0) is 26.9 Å². The Balaban J connectivity index is 0.793. The number of ether oxygens (including phenoxy) is 2. The summed E-state index contributed by atoms with van der Waals surface area (Å²) in [6, 6.07) is 0.265. The van der Waals surface area contributed by atoms with Gasteiger partial charge in [-0.3, -0.25) is 9.80 Å². The highest BCUT2D eigenvalue weighted by Crippen LogP contribution is 2.36. The molecule has 0 spiro atoms. The maximum Gasteiger partial charge on any atom is 0.322 e. The molecule has 0 bridgehead atoms. The second-order valence-corrected chi connectivity index (χ2v) is 19.3. The summed E-state index contributed by atoms with van der Waals surface area (Å²) in [7, 11) is 4.31. The van der Waals surface area contributed by atoms with Crippen LogP contribution in [-0.2, 0) is 9.47 Å². The van der Waals surface area contributed by atoms with Crippen molar-refractivity contribution in [1.29, 1.82) is 0 Å². The summed E-state index contributed by atoms with van der Waals surface area (Å²) >= 11 is 0. The number of likely N-dealkylation sites (tertiary alicyclic amines) is 2. The van der Waals surface area contributed by atoms with Gasteiger partial charge < -0.3 is 59.5 Å². The number of urea groups is 1. The number of carbonyl (C=O) groups excluding carboxylic acids is 1. The molecule has 25 nitrogen and oxygen atoms in total. The highest BCUT2D eigenvalue weighted by molar-refractivity contribution is 5.89. The number of imidazole rings is 2. The average molecular weight is 957 g/mol. The van der Waals surface area contributed by atoms with Gasteiger partial charge in [0, 0.05) is 128 Å². The van der Waals surface area contributed by atoms with Crippen LogP contribution in [0.5, 0.6) is 0 Å². The van der Waals surface area contributed by atoms with Crippen LogP contribution in [0.4, 0.5) is 28.6 Å². The Morgan fingerprint density at radius 3 is 1.36 bits per heavy atom. The number of amides is 2. The molecule has 6 aromatic rings. The van der Waals surface area contributed by atoms with Crippen LogP contribution in [0, 0.1) is 0 Å². The number of piperazine rings is 2. The number of likely N-dealkylation sites (N-methyl/N-ethyl adjacent to an activating group) is 2. The Hall–Kier alpha value is -6.51. The van der Waals surface area contributed by atoms with E-state index in [2.05, 4.69) is 82.4 Å². The predicted octanol–water partition coefficient (Wildman–Crippen LogP) is 0.178. The predicted molar refractivity (Wildman–Crippen MR) is 259 cm³/mol. The summed E-state index contributed by atoms with van der Waals surface area (Å²) in [5, 5.41) is 0. The van der Waals surface area contributed by atoms with Gasteiger partial charge in [0.2, 0.25) is 23.8 Å². The van der Waals surface area contributed by atoms with Crippen LogP contribution in [0.15, 0.2) is 37.4 Å². The van der Waals surface area contributed by atoms with Crippen LogP contribution in [-0.4, -0.2) is 239 Å². The summed E-state index contributed by atoms with van der Waals surface area (Å²) in [4.78, 5) is 80.7. The minimum atomic E-state index is -0.1000. The topological polar surface area (TPSA) is 252 Å².